The van der Waals surface area contributed by atoms with Crippen molar-refractivity contribution in [1.29, 1.82) is 0 Å². The van der Waals surface area contributed by atoms with E-state index in [9.17, 15) is 9.59 Å². The van der Waals surface area contributed by atoms with Gasteiger partial charge in [0.15, 0.2) is 0 Å². The second kappa shape index (κ2) is 7.06. The summed E-state index contributed by atoms with van der Waals surface area (Å²) in [7, 11) is 0. The highest BCUT2D eigenvalue weighted by Gasteiger charge is 2.36. The first-order valence-corrected chi connectivity index (χ1v) is 9.48. The van der Waals surface area contributed by atoms with Crippen LogP contribution in [-0.2, 0) is 16.0 Å². The molecule has 1 atom stereocenters. The zero-order chi connectivity index (χ0) is 17.2. The monoisotopic (exact) mass is 342 g/mol. The SMILES string of the molecule is O=C(NCC1COc2ccccc2C1)C1CCN(C(=O)C2CC2)CC1. The number of rotatable bonds is 4. The third-order valence-corrected chi connectivity index (χ3v) is 5.62. The van der Waals surface area contributed by atoms with Gasteiger partial charge in [-0.2, -0.15) is 0 Å². The lowest BCUT2D eigenvalue weighted by molar-refractivity contribution is -0.136. The van der Waals surface area contributed by atoms with Gasteiger partial charge < -0.3 is 15.0 Å². The molecule has 2 amide bonds. The Labute approximate surface area is 148 Å². The molecule has 2 heterocycles. The number of carbonyl (C=O) groups excluding carboxylic acids is 2. The van der Waals surface area contributed by atoms with Gasteiger partial charge in [-0.25, -0.2) is 0 Å². The molecule has 0 aromatic heterocycles. The van der Waals surface area contributed by atoms with Crippen LogP contribution >= 0.6 is 0 Å². The summed E-state index contributed by atoms with van der Waals surface area (Å²) in [6.07, 6.45) is 4.62. The molecule has 1 saturated carbocycles. The molecule has 25 heavy (non-hydrogen) atoms. The van der Waals surface area contributed by atoms with Gasteiger partial charge in [-0.05, 0) is 43.7 Å². The fourth-order valence-electron chi connectivity index (χ4n) is 3.86. The lowest BCUT2D eigenvalue weighted by Gasteiger charge is -2.32. The van der Waals surface area contributed by atoms with Crippen LogP contribution in [0.5, 0.6) is 5.75 Å². The van der Waals surface area contributed by atoms with E-state index in [0.717, 1.165) is 50.9 Å². The number of ether oxygens (including phenoxy) is 1. The minimum atomic E-state index is 0.0417. The predicted octanol–water partition coefficient (Wildman–Crippen LogP) is 2.00. The molecule has 4 rings (SSSR count). The second-order valence-corrected chi connectivity index (χ2v) is 7.61. The molecule has 2 aliphatic heterocycles. The molecule has 0 spiro atoms. The molecule has 1 N–H and O–H groups in total. The smallest absolute Gasteiger partial charge is 0.225 e. The molecule has 0 bridgehead atoms. The van der Waals surface area contributed by atoms with Crippen LogP contribution in [0.25, 0.3) is 0 Å². The molecule has 134 valence electrons. The lowest BCUT2D eigenvalue weighted by Crippen LogP contribution is -2.44. The number of nitrogens with zero attached hydrogens (tertiary/aromatic N) is 1. The van der Waals surface area contributed by atoms with Crippen molar-refractivity contribution in [3.8, 4) is 5.75 Å². The lowest BCUT2D eigenvalue weighted by atomic mass is 9.94. The number of carbonyl (C=O) groups is 2. The topological polar surface area (TPSA) is 58.6 Å². The van der Waals surface area contributed by atoms with Crippen molar-refractivity contribution in [2.45, 2.75) is 32.1 Å². The molecule has 2 fully saturated rings. The van der Waals surface area contributed by atoms with Gasteiger partial charge in [0.25, 0.3) is 0 Å². The van der Waals surface area contributed by atoms with Crippen LogP contribution in [-0.4, -0.2) is 43.0 Å². The minimum absolute atomic E-state index is 0.0417. The van der Waals surface area contributed by atoms with Gasteiger partial charge in [-0.1, -0.05) is 18.2 Å². The average molecular weight is 342 g/mol. The normalized spacial score (nSPS) is 23.5. The molecule has 5 nitrogen and oxygen atoms in total. The summed E-state index contributed by atoms with van der Waals surface area (Å²) in [6.45, 7) is 2.78. The van der Waals surface area contributed by atoms with Crippen LogP contribution in [0.3, 0.4) is 0 Å². The summed E-state index contributed by atoms with van der Waals surface area (Å²) in [6, 6.07) is 8.11. The van der Waals surface area contributed by atoms with Gasteiger partial charge >= 0.3 is 0 Å². The van der Waals surface area contributed by atoms with E-state index in [1.807, 2.05) is 23.1 Å². The Morgan fingerprint density at radius 1 is 1.08 bits per heavy atom. The van der Waals surface area contributed by atoms with Crippen LogP contribution in [0.15, 0.2) is 24.3 Å². The van der Waals surface area contributed by atoms with E-state index in [1.54, 1.807) is 0 Å². The minimum Gasteiger partial charge on any atom is -0.493 e. The summed E-state index contributed by atoms with van der Waals surface area (Å²) in [5, 5.41) is 3.11. The summed E-state index contributed by atoms with van der Waals surface area (Å²) in [5.41, 5.74) is 1.22. The molecular weight excluding hydrogens is 316 g/mol. The van der Waals surface area contributed by atoms with E-state index in [2.05, 4.69) is 11.4 Å². The standard InChI is InChI=1S/C20H26N2O3/c23-19(15-7-9-22(10-8-15)20(24)16-5-6-16)21-12-14-11-17-3-1-2-4-18(17)25-13-14/h1-4,14-16H,5-13H2,(H,21,23). The van der Waals surface area contributed by atoms with Crippen molar-refractivity contribution in [2.24, 2.45) is 17.8 Å². The van der Waals surface area contributed by atoms with Gasteiger partial charge in [-0.3, -0.25) is 9.59 Å². The molecular formula is C20H26N2O3. The van der Waals surface area contributed by atoms with E-state index < -0.39 is 0 Å². The van der Waals surface area contributed by atoms with Crippen LogP contribution in [0.4, 0.5) is 0 Å². The molecule has 1 aromatic carbocycles. The first kappa shape index (κ1) is 16.4. The predicted molar refractivity (Wildman–Crippen MR) is 94.2 cm³/mol. The van der Waals surface area contributed by atoms with Gasteiger partial charge in [0, 0.05) is 37.4 Å². The van der Waals surface area contributed by atoms with Gasteiger partial charge in [-0.15, -0.1) is 0 Å². The Morgan fingerprint density at radius 3 is 2.60 bits per heavy atom. The summed E-state index contributed by atoms with van der Waals surface area (Å²) in [5.74, 6) is 2.06. The molecule has 5 heteroatoms. The number of hydrogen-bond donors (Lipinski definition) is 1. The average Bonchev–Trinajstić information content (AvgIpc) is 3.51. The van der Waals surface area contributed by atoms with E-state index in [1.165, 1.54) is 5.56 Å². The Balaban J connectivity index is 1.21. The molecule has 1 aliphatic carbocycles. The summed E-state index contributed by atoms with van der Waals surface area (Å²) >= 11 is 0. The molecule has 1 aromatic rings. The van der Waals surface area contributed by atoms with Crippen LogP contribution in [0, 0.1) is 17.8 Å². The van der Waals surface area contributed by atoms with Crippen molar-refractivity contribution in [1.82, 2.24) is 10.2 Å². The third kappa shape index (κ3) is 3.80. The van der Waals surface area contributed by atoms with E-state index in [-0.39, 0.29) is 17.7 Å². The number of piperidine rings is 1. The maximum absolute atomic E-state index is 12.5. The number of para-hydroxylation sites is 1. The number of hydrogen-bond acceptors (Lipinski definition) is 3. The Bertz CT molecular complexity index is 648. The highest BCUT2D eigenvalue weighted by molar-refractivity contribution is 5.82. The summed E-state index contributed by atoms with van der Waals surface area (Å²) in [4.78, 5) is 26.5. The molecule has 1 unspecified atom stereocenters. The van der Waals surface area contributed by atoms with Crippen LogP contribution in [0.2, 0.25) is 0 Å². The van der Waals surface area contributed by atoms with Crippen LogP contribution in [0.1, 0.15) is 31.2 Å². The first-order chi connectivity index (χ1) is 12.2. The Morgan fingerprint density at radius 2 is 1.84 bits per heavy atom. The fourth-order valence-corrected chi connectivity index (χ4v) is 3.86. The van der Waals surface area contributed by atoms with Crippen molar-refractivity contribution < 1.29 is 14.3 Å². The van der Waals surface area contributed by atoms with Gasteiger partial charge in [0.2, 0.25) is 11.8 Å². The number of benzene rings is 1. The van der Waals surface area contributed by atoms with E-state index >= 15 is 0 Å². The van der Waals surface area contributed by atoms with Crippen LogP contribution < -0.4 is 10.1 Å². The number of nitrogens with one attached hydrogen (secondary N) is 1. The van der Waals surface area contributed by atoms with Crippen molar-refractivity contribution >= 4 is 11.8 Å². The third-order valence-electron chi connectivity index (χ3n) is 5.62. The number of fused-ring (bicyclic) bond motifs is 1. The molecule has 0 radical (unpaired) electrons. The number of amides is 2. The zero-order valence-corrected chi connectivity index (χ0v) is 14.6. The van der Waals surface area contributed by atoms with Crippen molar-refractivity contribution in [2.75, 3.05) is 26.2 Å². The van der Waals surface area contributed by atoms with Crippen molar-refractivity contribution in [3.63, 3.8) is 0 Å². The maximum Gasteiger partial charge on any atom is 0.225 e. The highest BCUT2D eigenvalue weighted by atomic mass is 16.5. The molecule has 1 saturated heterocycles. The summed E-state index contributed by atoms with van der Waals surface area (Å²) < 4.78 is 5.79. The Hall–Kier alpha value is -2.04. The first-order valence-electron chi connectivity index (χ1n) is 9.48. The maximum atomic E-state index is 12.5. The zero-order valence-electron chi connectivity index (χ0n) is 14.6. The quantitative estimate of drug-likeness (QED) is 0.910. The highest BCUT2D eigenvalue weighted by Crippen LogP contribution is 2.32. The van der Waals surface area contributed by atoms with Gasteiger partial charge in [0.05, 0.1) is 6.61 Å². The Kier molecular flexibility index (Phi) is 4.64. The van der Waals surface area contributed by atoms with E-state index in [4.69, 9.17) is 4.74 Å². The van der Waals surface area contributed by atoms with E-state index in [0.29, 0.717) is 25.0 Å². The number of likely N-dealkylation sites (tertiary alicyclic amines) is 1. The van der Waals surface area contributed by atoms with Crippen molar-refractivity contribution in [3.05, 3.63) is 29.8 Å². The largest absolute Gasteiger partial charge is 0.493 e. The molecule has 3 aliphatic rings. The fraction of sp³-hybridized carbons (Fsp3) is 0.600. The van der Waals surface area contributed by atoms with Gasteiger partial charge in [0.1, 0.15) is 5.75 Å². The second-order valence-electron chi connectivity index (χ2n) is 7.61.